The quantitative estimate of drug-likeness (QED) is 0.417. The average molecular weight is 492 g/mol. The van der Waals surface area contributed by atoms with E-state index in [1.54, 1.807) is 12.1 Å². The van der Waals surface area contributed by atoms with Gasteiger partial charge in [-0.1, -0.05) is 59.9 Å². The molecule has 0 aliphatic carbocycles. The van der Waals surface area contributed by atoms with Crippen LogP contribution in [0.15, 0.2) is 77.7 Å². The van der Waals surface area contributed by atoms with Gasteiger partial charge in [0, 0.05) is 38.0 Å². The predicted molar refractivity (Wildman–Crippen MR) is 137 cm³/mol. The van der Waals surface area contributed by atoms with Crippen LogP contribution >= 0.6 is 11.3 Å². The Hall–Kier alpha value is -3.23. The molecule has 0 bridgehead atoms. The summed E-state index contributed by atoms with van der Waals surface area (Å²) in [6, 6.07) is 23.4. The summed E-state index contributed by atoms with van der Waals surface area (Å²) >= 11 is 1.49. The number of thiazole rings is 1. The zero-order valence-corrected chi connectivity index (χ0v) is 20.5. The molecule has 1 amide bonds. The first-order valence-electron chi connectivity index (χ1n) is 11.2. The largest absolute Gasteiger partial charge is 0.345 e. The molecule has 174 valence electrons. The second kappa shape index (κ2) is 9.19. The van der Waals surface area contributed by atoms with E-state index in [4.69, 9.17) is 0 Å². The van der Waals surface area contributed by atoms with E-state index in [1.807, 2.05) is 53.4 Å². The molecule has 8 heteroatoms. The number of para-hydroxylation sites is 1. The van der Waals surface area contributed by atoms with Crippen LogP contribution < -0.4 is 4.90 Å². The van der Waals surface area contributed by atoms with Crippen molar-refractivity contribution in [1.82, 2.24) is 9.88 Å². The second-order valence-corrected chi connectivity index (χ2v) is 11.5. The summed E-state index contributed by atoms with van der Waals surface area (Å²) in [5, 5.41) is 0.795. The van der Waals surface area contributed by atoms with E-state index in [-0.39, 0.29) is 10.8 Å². The van der Waals surface area contributed by atoms with Crippen molar-refractivity contribution in [3.63, 3.8) is 0 Å². The Bertz CT molecular complexity index is 1420. The summed E-state index contributed by atoms with van der Waals surface area (Å²) < 4.78 is 25.1. The third-order valence-electron chi connectivity index (χ3n) is 6.06. The Labute approximate surface area is 203 Å². The van der Waals surface area contributed by atoms with E-state index in [0.717, 1.165) is 16.3 Å². The molecule has 0 unspecified atom stereocenters. The number of anilines is 1. The molecule has 0 N–H and O–H groups in total. The second-order valence-electron chi connectivity index (χ2n) is 8.51. The van der Waals surface area contributed by atoms with Crippen LogP contribution in [0.5, 0.6) is 0 Å². The molecule has 1 aliphatic rings. The molecular weight excluding hydrogens is 466 g/mol. The van der Waals surface area contributed by atoms with Gasteiger partial charge in [0.2, 0.25) is 0 Å². The Morgan fingerprint density at radius 1 is 0.882 bits per heavy atom. The molecule has 2 heterocycles. The van der Waals surface area contributed by atoms with Crippen LogP contribution in [0.25, 0.3) is 10.2 Å². The summed E-state index contributed by atoms with van der Waals surface area (Å²) in [5.74, 6) is 0.0366. The van der Waals surface area contributed by atoms with Gasteiger partial charge >= 0.3 is 0 Å². The minimum atomic E-state index is -3.35. The van der Waals surface area contributed by atoms with Gasteiger partial charge in [-0.05, 0) is 41.8 Å². The monoisotopic (exact) mass is 491 g/mol. The van der Waals surface area contributed by atoms with E-state index in [2.05, 4.69) is 22.0 Å². The van der Waals surface area contributed by atoms with Gasteiger partial charge in [-0.15, -0.1) is 0 Å². The van der Waals surface area contributed by atoms with Crippen molar-refractivity contribution in [3.8, 4) is 0 Å². The molecule has 0 atom stereocenters. The SMILES string of the molecule is CS(=O)(=O)c1cccc2sc(N3CCN(C(=O)c4ccc(Cc5ccccc5)cc4)CC3)nc12. The molecule has 5 rings (SSSR count). The molecule has 1 aliphatic heterocycles. The summed E-state index contributed by atoms with van der Waals surface area (Å²) in [4.78, 5) is 21.9. The lowest BCUT2D eigenvalue weighted by atomic mass is 10.0. The number of nitrogens with zero attached hydrogens (tertiary/aromatic N) is 3. The van der Waals surface area contributed by atoms with Crippen molar-refractivity contribution in [3.05, 3.63) is 89.5 Å². The number of rotatable bonds is 5. The van der Waals surface area contributed by atoms with Crippen LogP contribution in [0.4, 0.5) is 5.13 Å². The molecule has 4 aromatic rings. The first-order valence-corrected chi connectivity index (χ1v) is 13.9. The number of piperazine rings is 1. The standard InChI is InChI=1S/C26H25N3O3S2/c1-34(31,32)23-9-5-8-22-24(23)27-26(33-22)29-16-14-28(15-17-29)25(30)21-12-10-20(11-13-21)18-19-6-3-2-4-7-19/h2-13H,14-18H2,1H3. The van der Waals surface area contributed by atoms with Gasteiger partial charge in [-0.3, -0.25) is 4.79 Å². The van der Waals surface area contributed by atoms with Crippen molar-refractivity contribution < 1.29 is 13.2 Å². The molecule has 0 radical (unpaired) electrons. The average Bonchev–Trinajstić information content (AvgIpc) is 3.29. The Morgan fingerprint density at radius 2 is 1.56 bits per heavy atom. The zero-order valence-electron chi connectivity index (χ0n) is 18.8. The van der Waals surface area contributed by atoms with Gasteiger partial charge in [-0.25, -0.2) is 13.4 Å². The fraction of sp³-hybridized carbons (Fsp3) is 0.231. The number of amides is 1. The fourth-order valence-corrected chi connectivity index (χ4v) is 6.17. The third-order valence-corrected chi connectivity index (χ3v) is 8.27. The van der Waals surface area contributed by atoms with Crippen molar-refractivity contribution in [1.29, 1.82) is 0 Å². The molecule has 6 nitrogen and oxygen atoms in total. The molecule has 1 saturated heterocycles. The minimum absolute atomic E-state index is 0.0366. The number of aromatic nitrogens is 1. The molecule has 3 aromatic carbocycles. The number of hydrogen-bond donors (Lipinski definition) is 0. The number of carbonyl (C=O) groups excluding carboxylic acids is 1. The van der Waals surface area contributed by atoms with E-state index >= 15 is 0 Å². The summed E-state index contributed by atoms with van der Waals surface area (Å²) in [6.45, 7) is 2.51. The van der Waals surface area contributed by atoms with E-state index in [1.165, 1.54) is 28.7 Å². The van der Waals surface area contributed by atoms with Gasteiger partial charge in [0.25, 0.3) is 5.91 Å². The highest BCUT2D eigenvalue weighted by atomic mass is 32.2. The molecular formula is C26H25N3O3S2. The van der Waals surface area contributed by atoms with E-state index in [9.17, 15) is 13.2 Å². The van der Waals surface area contributed by atoms with Crippen LogP contribution in [0, 0.1) is 0 Å². The molecule has 1 aromatic heterocycles. The maximum atomic E-state index is 13.0. The maximum absolute atomic E-state index is 13.0. The van der Waals surface area contributed by atoms with Crippen LogP contribution in [0.3, 0.4) is 0 Å². The zero-order chi connectivity index (χ0) is 23.7. The van der Waals surface area contributed by atoms with Crippen molar-refractivity contribution in [2.75, 3.05) is 37.3 Å². The van der Waals surface area contributed by atoms with Gasteiger partial charge in [0.15, 0.2) is 15.0 Å². The molecule has 1 fully saturated rings. The van der Waals surface area contributed by atoms with Crippen LogP contribution in [-0.2, 0) is 16.3 Å². The third kappa shape index (κ3) is 4.69. The number of benzene rings is 3. The lowest BCUT2D eigenvalue weighted by molar-refractivity contribution is 0.0746. The van der Waals surface area contributed by atoms with Crippen molar-refractivity contribution in [2.45, 2.75) is 11.3 Å². The number of hydrogen-bond acceptors (Lipinski definition) is 6. The normalized spacial score (nSPS) is 14.5. The molecule has 0 spiro atoms. The summed E-state index contributed by atoms with van der Waals surface area (Å²) in [6.07, 6.45) is 2.05. The minimum Gasteiger partial charge on any atom is -0.345 e. The van der Waals surface area contributed by atoms with E-state index in [0.29, 0.717) is 37.3 Å². The van der Waals surface area contributed by atoms with Gasteiger partial charge in [0.1, 0.15) is 5.52 Å². The Balaban J connectivity index is 1.24. The molecule has 34 heavy (non-hydrogen) atoms. The van der Waals surface area contributed by atoms with Gasteiger partial charge in [-0.2, -0.15) is 0 Å². The van der Waals surface area contributed by atoms with Crippen molar-refractivity contribution in [2.24, 2.45) is 0 Å². The van der Waals surface area contributed by atoms with Crippen molar-refractivity contribution >= 4 is 42.4 Å². The van der Waals surface area contributed by atoms with Crippen LogP contribution in [0.2, 0.25) is 0 Å². The highest BCUT2D eigenvalue weighted by Crippen LogP contribution is 2.33. The lowest BCUT2D eigenvalue weighted by Crippen LogP contribution is -2.48. The smallest absolute Gasteiger partial charge is 0.253 e. The highest BCUT2D eigenvalue weighted by Gasteiger charge is 2.25. The summed E-state index contributed by atoms with van der Waals surface area (Å²) in [5.41, 5.74) is 3.65. The number of fused-ring (bicyclic) bond motifs is 1. The number of carbonyl (C=O) groups is 1. The number of sulfone groups is 1. The maximum Gasteiger partial charge on any atom is 0.253 e. The first-order chi connectivity index (χ1) is 16.4. The molecule has 0 saturated carbocycles. The Morgan fingerprint density at radius 3 is 2.24 bits per heavy atom. The highest BCUT2D eigenvalue weighted by molar-refractivity contribution is 7.91. The topological polar surface area (TPSA) is 70.6 Å². The lowest BCUT2D eigenvalue weighted by Gasteiger charge is -2.34. The predicted octanol–water partition coefficient (Wildman–Crippen LogP) is 4.25. The van der Waals surface area contributed by atoms with Gasteiger partial charge in [0.05, 0.1) is 9.60 Å². The summed E-state index contributed by atoms with van der Waals surface area (Å²) in [7, 11) is -3.35. The van der Waals surface area contributed by atoms with Crippen LogP contribution in [-0.4, -0.2) is 56.6 Å². The van der Waals surface area contributed by atoms with Gasteiger partial charge < -0.3 is 9.80 Å². The van der Waals surface area contributed by atoms with E-state index < -0.39 is 9.84 Å². The first kappa shape index (κ1) is 22.6. The van der Waals surface area contributed by atoms with Crippen LogP contribution in [0.1, 0.15) is 21.5 Å². The Kier molecular flexibility index (Phi) is 6.10. The fourth-order valence-electron chi connectivity index (χ4n) is 4.23.